The predicted molar refractivity (Wildman–Crippen MR) is 82.1 cm³/mol. The molecule has 4 nitrogen and oxygen atoms in total. The maximum atomic E-state index is 11.4. The van der Waals surface area contributed by atoms with Crippen molar-refractivity contribution < 1.29 is 9.53 Å². The van der Waals surface area contributed by atoms with E-state index in [2.05, 4.69) is 10.6 Å². The Kier molecular flexibility index (Phi) is 5.87. The van der Waals surface area contributed by atoms with Gasteiger partial charge in [0.2, 0.25) is 5.91 Å². The Hall–Kier alpha value is -1.55. The summed E-state index contributed by atoms with van der Waals surface area (Å²) in [5.74, 6) is -0.128. The summed E-state index contributed by atoms with van der Waals surface area (Å²) in [6.45, 7) is 0.0854. The fourth-order valence-corrected chi connectivity index (χ4v) is 2.64. The SMILES string of the molecule is COCC(=O)Nc1ccc(NC2CCCCCC2)cc1. The molecule has 20 heavy (non-hydrogen) atoms. The van der Waals surface area contributed by atoms with Crippen molar-refractivity contribution >= 4 is 17.3 Å². The van der Waals surface area contributed by atoms with E-state index in [0.717, 1.165) is 11.4 Å². The van der Waals surface area contributed by atoms with Crippen LogP contribution in [0.25, 0.3) is 0 Å². The van der Waals surface area contributed by atoms with E-state index < -0.39 is 0 Å². The highest BCUT2D eigenvalue weighted by Gasteiger charge is 2.11. The van der Waals surface area contributed by atoms with Crippen molar-refractivity contribution in [3.63, 3.8) is 0 Å². The summed E-state index contributed by atoms with van der Waals surface area (Å²) in [7, 11) is 1.51. The van der Waals surface area contributed by atoms with Gasteiger partial charge in [0.15, 0.2) is 0 Å². The second-order valence-corrected chi connectivity index (χ2v) is 5.39. The molecule has 0 atom stereocenters. The highest BCUT2D eigenvalue weighted by atomic mass is 16.5. The molecule has 0 saturated heterocycles. The van der Waals surface area contributed by atoms with Crippen LogP contribution in [0, 0.1) is 0 Å². The molecule has 2 rings (SSSR count). The molecule has 2 N–H and O–H groups in total. The normalized spacial score (nSPS) is 16.4. The third-order valence-electron chi connectivity index (χ3n) is 3.67. The van der Waals surface area contributed by atoms with Crippen LogP contribution >= 0.6 is 0 Å². The molecule has 0 unspecified atom stereocenters. The first-order valence-electron chi connectivity index (χ1n) is 7.43. The van der Waals surface area contributed by atoms with Crippen LogP contribution in [0.4, 0.5) is 11.4 Å². The summed E-state index contributed by atoms with van der Waals surface area (Å²) >= 11 is 0. The van der Waals surface area contributed by atoms with Crippen LogP contribution in [0.1, 0.15) is 38.5 Å². The lowest BCUT2D eigenvalue weighted by Crippen LogP contribution is -2.18. The van der Waals surface area contributed by atoms with Crippen LogP contribution in [0.3, 0.4) is 0 Å². The number of carbonyl (C=O) groups is 1. The summed E-state index contributed by atoms with van der Waals surface area (Å²) in [5.41, 5.74) is 1.93. The molecule has 0 spiro atoms. The number of methoxy groups -OCH3 is 1. The lowest BCUT2D eigenvalue weighted by molar-refractivity contribution is -0.119. The molecule has 1 aliphatic carbocycles. The van der Waals surface area contributed by atoms with Crippen LogP contribution in [0.5, 0.6) is 0 Å². The number of benzene rings is 1. The van der Waals surface area contributed by atoms with Crippen molar-refractivity contribution in [1.29, 1.82) is 0 Å². The smallest absolute Gasteiger partial charge is 0.250 e. The number of carbonyl (C=O) groups excluding carboxylic acids is 1. The van der Waals surface area contributed by atoms with Crippen molar-refractivity contribution in [3.8, 4) is 0 Å². The predicted octanol–water partition coefficient (Wildman–Crippen LogP) is 3.41. The van der Waals surface area contributed by atoms with Gasteiger partial charge in [-0.2, -0.15) is 0 Å². The molecule has 1 amide bonds. The molecule has 0 aliphatic heterocycles. The van der Waals surface area contributed by atoms with E-state index in [1.54, 1.807) is 0 Å². The van der Waals surface area contributed by atoms with Crippen LogP contribution in [-0.2, 0) is 9.53 Å². The largest absolute Gasteiger partial charge is 0.382 e. The zero-order valence-corrected chi connectivity index (χ0v) is 12.2. The molecule has 1 fully saturated rings. The van der Waals surface area contributed by atoms with Crippen LogP contribution in [0.15, 0.2) is 24.3 Å². The standard InChI is InChI=1S/C16H24N2O2/c1-20-12-16(19)18-15-10-8-14(9-11-15)17-13-6-4-2-3-5-7-13/h8-11,13,17H,2-7,12H2,1H3,(H,18,19). The lowest BCUT2D eigenvalue weighted by atomic mass is 10.1. The number of hydrogen-bond donors (Lipinski definition) is 2. The number of ether oxygens (including phenoxy) is 1. The van der Waals surface area contributed by atoms with Gasteiger partial charge < -0.3 is 15.4 Å². The Balaban J connectivity index is 1.85. The Labute approximate surface area is 120 Å². The lowest BCUT2D eigenvalue weighted by Gasteiger charge is -2.17. The average molecular weight is 276 g/mol. The molecular weight excluding hydrogens is 252 g/mol. The van der Waals surface area contributed by atoms with Gasteiger partial charge in [0.25, 0.3) is 0 Å². The molecule has 1 saturated carbocycles. The third kappa shape index (κ3) is 4.85. The minimum Gasteiger partial charge on any atom is -0.382 e. The zero-order chi connectivity index (χ0) is 14.2. The maximum Gasteiger partial charge on any atom is 0.250 e. The van der Waals surface area contributed by atoms with Crippen LogP contribution in [-0.4, -0.2) is 25.7 Å². The molecule has 0 aromatic heterocycles. The fourth-order valence-electron chi connectivity index (χ4n) is 2.64. The number of rotatable bonds is 5. The topological polar surface area (TPSA) is 50.4 Å². The average Bonchev–Trinajstić information content (AvgIpc) is 2.70. The first-order chi connectivity index (χ1) is 9.78. The first kappa shape index (κ1) is 14.9. The highest BCUT2D eigenvalue weighted by molar-refractivity contribution is 5.91. The van der Waals surface area contributed by atoms with E-state index in [9.17, 15) is 4.79 Å². The summed E-state index contributed by atoms with van der Waals surface area (Å²) in [6, 6.07) is 8.48. The van der Waals surface area contributed by atoms with E-state index in [1.807, 2.05) is 24.3 Å². The first-order valence-corrected chi connectivity index (χ1v) is 7.43. The maximum absolute atomic E-state index is 11.4. The summed E-state index contributed by atoms with van der Waals surface area (Å²) in [4.78, 5) is 11.4. The van der Waals surface area contributed by atoms with Crippen molar-refractivity contribution in [2.45, 2.75) is 44.6 Å². The van der Waals surface area contributed by atoms with Gasteiger partial charge in [0, 0.05) is 24.5 Å². The third-order valence-corrected chi connectivity index (χ3v) is 3.67. The molecule has 1 aliphatic rings. The number of anilines is 2. The Morgan fingerprint density at radius 2 is 1.70 bits per heavy atom. The van der Waals surface area contributed by atoms with Gasteiger partial charge in [-0.05, 0) is 37.1 Å². The van der Waals surface area contributed by atoms with Crippen molar-refractivity contribution in [1.82, 2.24) is 0 Å². The monoisotopic (exact) mass is 276 g/mol. The molecule has 1 aromatic rings. The molecule has 110 valence electrons. The Morgan fingerprint density at radius 1 is 1.10 bits per heavy atom. The van der Waals surface area contributed by atoms with Gasteiger partial charge in [-0.3, -0.25) is 4.79 Å². The second kappa shape index (κ2) is 7.90. The summed E-state index contributed by atoms with van der Waals surface area (Å²) in [6.07, 6.45) is 7.88. The van der Waals surface area contributed by atoms with E-state index >= 15 is 0 Å². The van der Waals surface area contributed by atoms with Gasteiger partial charge >= 0.3 is 0 Å². The van der Waals surface area contributed by atoms with Gasteiger partial charge in [-0.15, -0.1) is 0 Å². The second-order valence-electron chi connectivity index (χ2n) is 5.39. The van der Waals surface area contributed by atoms with Crippen LogP contribution in [0.2, 0.25) is 0 Å². The van der Waals surface area contributed by atoms with Crippen molar-refractivity contribution in [2.24, 2.45) is 0 Å². The fraction of sp³-hybridized carbons (Fsp3) is 0.562. The molecule has 0 heterocycles. The molecular formula is C16H24N2O2. The zero-order valence-electron chi connectivity index (χ0n) is 12.2. The molecule has 0 bridgehead atoms. The van der Waals surface area contributed by atoms with Crippen LogP contribution < -0.4 is 10.6 Å². The van der Waals surface area contributed by atoms with E-state index in [-0.39, 0.29) is 12.5 Å². The highest BCUT2D eigenvalue weighted by Crippen LogP contribution is 2.22. The number of hydrogen-bond acceptors (Lipinski definition) is 3. The van der Waals surface area contributed by atoms with Crippen molar-refractivity contribution in [2.75, 3.05) is 24.4 Å². The number of amides is 1. The van der Waals surface area contributed by atoms with E-state index in [0.29, 0.717) is 6.04 Å². The van der Waals surface area contributed by atoms with Gasteiger partial charge in [-0.1, -0.05) is 25.7 Å². The van der Waals surface area contributed by atoms with Crippen molar-refractivity contribution in [3.05, 3.63) is 24.3 Å². The molecule has 0 radical (unpaired) electrons. The van der Waals surface area contributed by atoms with Gasteiger partial charge in [0.1, 0.15) is 6.61 Å². The van der Waals surface area contributed by atoms with E-state index in [4.69, 9.17) is 4.74 Å². The Bertz CT molecular complexity index is 409. The molecule has 1 aromatic carbocycles. The minimum absolute atomic E-state index is 0.0854. The molecule has 4 heteroatoms. The van der Waals surface area contributed by atoms with Gasteiger partial charge in [-0.25, -0.2) is 0 Å². The Morgan fingerprint density at radius 3 is 2.30 bits per heavy atom. The van der Waals surface area contributed by atoms with E-state index in [1.165, 1.54) is 45.6 Å². The summed E-state index contributed by atoms with van der Waals surface area (Å²) < 4.78 is 4.79. The summed E-state index contributed by atoms with van der Waals surface area (Å²) in [5, 5.41) is 6.38. The minimum atomic E-state index is -0.128. The van der Waals surface area contributed by atoms with Gasteiger partial charge in [0.05, 0.1) is 0 Å². The quantitative estimate of drug-likeness (QED) is 0.810. The number of nitrogens with one attached hydrogen (secondary N) is 2.